The Morgan fingerprint density at radius 1 is 1.17 bits per heavy atom. The first-order chi connectivity index (χ1) is 11.7. The van der Waals surface area contributed by atoms with Gasteiger partial charge in [-0.1, -0.05) is 36.4 Å². The van der Waals surface area contributed by atoms with E-state index in [4.69, 9.17) is 9.47 Å². The van der Waals surface area contributed by atoms with Gasteiger partial charge in [0.25, 0.3) is 0 Å². The van der Waals surface area contributed by atoms with Crippen molar-refractivity contribution in [3.8, 4) is 11.5 Å². The summed E-state index contributed by atoms with van der Waals surface area (Å²) in [6.45, 7) is 5.38. The zero-order valence-corrected chi connectivity index (χ0v) is 14.5. The average molecular weight is 323 g/mol. The van der Waals surface area contributed by atoms with Gasteiger partial charge in [-0.25, -0.2) is 0 Å². The van der Waals surface area contributed by atoms with E-state index >= 15 is 0 Å². The van der Waals surface area contributed by atoms with Gasteiger partial charge in [0.1, 0.15) is 11.5 Å². The molecule has 3 nitrogen and oxygen atoms in total. The average Bonchev–Trinajstić information content (AvgIpc) is 3.04. The number of rotatable bonds is 7. The normalized spacial score (nSPS) is 13.3. The van der Waals surface area contributed by atoms with Gasteiger partial charge in [0.05, 0.1) is 13.2 Å². The van der Waals surface area contributed by atoms with E-state index in [1.807, 2.05) is 19.1 Å². The van der Waals surface area contributed by atoms with E-state index in [2.05, 4.69) is 54.4 Å². The molecule has 0 amide bonds. The standard InChI is InChI=1S/C21H25NO2/c1-3-23-20-9-6-17(7-10-20)5-4-13-22(2)16-18-8-11-21-19(15-18)12-14-24-21/h4-11,15H,3,12-14,16H2,1-2H3/b5-4+. The van der Waals surface area contributed by atoms with Crippen LogP contribution < -0.4 is 9.47 Å². The van der Waals surface area contributed by atoms with Crippen LogP contribution in [0.5, 0.6) is 11.5 Å². The molecule has 1 heterocycles. The highest BCUT2D eigenvalue weighted by molar-refractivity contribution is 5.50. The summed E-state index contributed by atoms with van der Waals surface area (Å²) >= 11 is 0. The topological polar surface area (TPSA) is 21.7 Å². The molecule has 3 rings (SSSR count). The van der Waals surface area contributed by atoms with Crippen LogP contribution in [0, 0.1) is 0 Å². The van der Waals surface area contributed by atoms with E-state index < -0.39 is 0 Å². The Kier molecular flexibility index (Phi) is 5.55. The number of nitrogens with zero attached hydrogens (tertiary/aromatic N) is 1. The molecule has 2 aromatic carbocycles. The Balaban J connectivity index is 1.50. The molecule has 1 aliphatic rings. The van der Waals surface area contributed by atoms with E-state index in [1.165, 1.54) is 16.7 Å². The summed E-state index contributed by atoms with van der Waals surface area (Å²) in [4.78, 5) is 2.31. The molecular formula is C21H25NO2. The number of hydrogen-bond acceptors (Lipinski definition) is 3. The van der Waals surface area contributed by atoms with Crippen molar-refractivity contribution in [2.75, 3.05) is 26.8 Å². The van der Waals surface area contributed by atoms with E-state index in [0.29, 0.717) is 6.61 Å². The van der Waals surface area contributed by atoms with Gasteiger partial charge >= 0.3 is 0 Å². The van der Waals surface area contributed by atoms with Crippen molar-refractivity contribution in [2.24, 2.45) is 0 Å². The first-order valence-electron chi connectivity index (χ1n) is 8.57. The molecule has 3 heteroatoms. The van der Waals surface area contributed by atoms with Gasteiger partial charge in [0.2, 0.25) is 0 Å². The number of fused-ring (bicyclic) bond motifs is 1. The first kappa shape index (κ1) is 16.6. The maximum Gasteiger partial charge on any atom is 0.122 e. The molecule has 0 fully saturated rings. The molecule has 1 aliphatic heterocycles. The predicted molar refractivity (Wildman–Crippen MR) is 98.6 cm³/mol. The second-order valence-electron chi connectivity index (χ2n) is 6.14. The largest absolute Gasteiger partial charge is 0.494 e. The van der Waals surface area contributed by atoms with Gasteiger partial charge in [0.15, 0.2) is 0 Å². The summed E-state index contributed by atoms with van der Waals surface area (Å²) in [5.74, 6) is 1.98. The third kappa shape index (κ3) is 4.39. The number of hydrogen-bond donors (Lipinski definition) is 0. The summed E-state index contributed by atoms with van der Waals surface area (Å²) in [5.41, 5.74) is 3.88. The third-order valence-electron chi connectivity index (χ3n) is 4.12. The van der Waals surface area contributed by atoms with Crippen LogP contribution >= 0.6 is 0 Å². The summed E-state index contributed by atoms with van der Waals surface area (Å²) in [5, 5.41) is 0. The molecule has 0 radical (unpaired) electrons. The SMILES string of the molecule is CCOc1ccc(/C=C/CN(C)Cc2ccc3c(c2)CCO3)cc1. The molecule has 0 N–H and O–H groups in total. The lowest BCUT2D eigenvalue weighted by atomic mass is 10.1. The zero-order chi connectivity index (χ0) is 16.8. The van der Waals surface area contributed by atoms with E-state index in [-0.39, 0.29) is 0 Å². The molecule has 0 bridgehead atoms. The van der Waals surface area contributed by atoms with Crippen LogP contribution in [-0.2, 0) is 13.0 Å². The van der Waals surface area contributed by atoms with Gasteiger partial charge in [-0.05, 0) is 48.9 Å². The lowest BCUT2D eigenvalue weighted by Crippen LogP contribution is -2.17. The molecule has 126 valence electrons. The Bertz CT molecular complexity index is 691. The van der Waals surface area contributed by atoms with Crippen LogP contribution in [0.15, 0.2) is 48.5 Å². The second-order valence-corrected chi connectivity index (χ2v) is 6.14. The molecule has 0 unspecified atom stereocenters. The first-order valence-corrected chi connectivity index (χ1v) is 8.57. The zero-order valence-electron chi connectivity index (χ0n) is 14.5. The van der Waals surface area contributed by atoms with Gasteiger partial charge in [-0.3, -0.25) is 4.90 Å². The minimum Gasteiger partial charge on any atom is -0.494 e. The maximum absolute atomic E-state index is 5.56. The minimum atomic E-state index is 0.703. The summed E-state index contributed by atoms with van der Waals surface area (Å²) < 4.78 is 11.0. The van der Waals surface area contributed by atoms with E-state index in [9.17, 15) is 0 Å². The van der Waals surface area contributed by atoms with Crippen LogP contribution in [0.3, 0.4) is 0 Å². The van der Waals surface area contributed by atoms with Crippen molar-refractivity contribution in [3.63, 3.8) is 0 Å². The molecule has 0 aromatic heterocycles. The molecular weight excluding hydrogens is 298 g/mol. The fourth-order valence-corrected chi connectivity index (χ4v) is 2.93. The Labute approximate surface area is 144 Å². The number of likely N-dealkylation sites (N-methyl/N-ethyl adjacent to an activating group) is 1. The van der Waals surface area contributed by atoms with Crippen LogP contribution in [-0.4, -0.2) is 31.7 Å². The monoisotopic (exact) mass is 323 g/mol. The van der Waals surface area contributed by atoms with Crippen molar-refractivity contribution in [1.82, 2.24) is 4.90 Å². The lowest BCUT2D eigenvalue weighted by Gasteiger charge is -2.15. The van der Waals surface area contributed by atoms with Gasteiger partial charge in [-0.2, -0.15) is 0 Å². The van der Waals surface area contributed by atoms with Crippen LogP contribution in [0.25, 0.3) is 6.08 Å². The fourth-order valence-electron chi connectivity index (χ4n) is 2.93. The molecule has 24 heavy (non-hydrogen) atoms. The fraction of sp³-hybridized carbons (Fsp3) is 0.333. The predicted octanol–water partition coefficient (Wildman–Crippen LogP) is 4.17. The lowest BCUT2D eigenvalue weighted by molar-refractivity contribution is 0.340. The van der Waals surface area contributed by atoms with E-state index in [0.717, 1.165) is 37.6 Å². The van der Waals surface area contributed by atoms with Crippen LogP contribution in [0.2, 0.25) is 0 Å². The Hall–Kier alpha value is -2.26. The second kappa shape index (κ2) is 8.02. The smallest absolute Gasteiger partial charge is 0.122 e. The quantitative estimate of drug-likeness (QED) is 0.763. The summed E-state index contributed by atoms with van der Waals surface area (Å²) in [6.07, 6.45) is 5.39. The van der Waals surface area contributed by atoms with E-state index in [1.54, 1.807) is 0 Å². The molecule has 0 saturated carbocycles. The number of benzene rings is 2. The van der Waals surface area contributed by atoms with Crippen molar-refractivity contribution in [2.45, 2.75) is 19.9 Å². The van der Waals surface area contributed by atoms with Crippen molar-refractivity contribution in [1.29, 1.82) is 0 Å². The van der Waals surface area contributed by atoms with Crippen LogP contribution in [0.4, 0.5) is 0 Å². The summed E-state index contributed by atoms with van der Waals surface area (Å²) in [6, 6.07) is 14.7. The highest BCUT2D eigenvalue weighted by Crippen LogP contribution is 2.26. The minimum absolute atomic E-state index is 0.703. The van der Waals surface area contributed by atoms with Gasteiger partial charge in [-0.15, -0.1) is 0 Å². The third-order valence-corrected chi connectivity index (χ3v) is 4.12. The highest BCUT2D eigenvalue weighted by atomic mass is 16.5. The van der Waals surface area contributed by atoms with Crippen molar-refractivity contribution >= 4 is 6.08 Å². The Morgan fingerprint density at radius 3 is 2.79 bits per heavy atom. The Morgan fingerprint density at radius 2 is 2.00 bits per heavy atom. The maximum atomic E-state index is 5.56. The van der Waals surface area contributed by atoms with Gasteiger partial charge < -0.3 is 9.47 Å². The molecule has 0 atom stereocenters. The highest BCUT2D eigenvalue weighted by Gasteiger charge is 2.12. The number of ether oxygens (including phenoxy) is 2. The van der Waals surface area contributed by atoms with Gasteiger partial charge in [0, 0.05) is 19.5 Å². The molecule has 0 aliphatic carbocycles. The summed E-state index contributed by atoms with van der Waals surface area (Å²) in [7, 11) is 2.15. The molecule has 0 saturated heterocycles. The molecule has 0 spiro atoms. The van der Waals surface area contributed by atoms with Crippen molar-refractivity contribution in [3.05, 3.63) is 65.2 Å². The molecule has 2 aromatic rings. The van der Waals surface area contributed by atoms with Crippen molar-refractivity contribution < 1.29 is 9.47 Å². The van der Waals surface area contributed by atoms with Crippen LogP contribution in [0.1, 0.15) is 23.6 Å².